The second kappa shape index (κ2) is 3.39. The Hall–Kier alpha value is -0.410. The van der Waals surface area contributed by atoms with Crippen molar-refractivity contribution in [3.05, 3.63) is 34.1 Å². The Balaban J connectivity index is 2.30. The summed E-state index contributed by atoms with van der Waals surface area (Å²) in [7, 11) is 0. The Bertz CT molecular complexity index is 327. The van der Waals surface area contributed by atoms with Gasteiger partial charge in [0.1, 0.15) is 5.82 Å². The molecule has 2 rings (SSSR count). The van der Waals surface area contributed by atoms with Gasteiger partial charge < -0.3 is 5.73 Å². The molecule has 0 radical (unpaired) electrons. The molecule has 2 atom stereocenters. The number of benzene rings is 1. The van der Waals surface area contributed by atoms with Gasteiger partial charge in [-0.3, -0.25) is 0 Å². The summed E-state index contributed by atoms with van der Waals surface area (Å²) in [6, 6.07) is 5.34. The van der Waals surface area contributed by atoms with Crippen LogP contribution in [-0.4, -0.2) is 6.04 Å². The average Bonchev–Trinajstić information content (AvgIpc) is 2.07. The van der Waals surface area contributed by atoms with Crippen LogP contribution in [0.15, 0.2) is 22.7 Å². The van der Waals surface area contributed by atoms with Crippen LogP contribution in [0.1, 0.15) is 24.3 Å². The number of rotatable bonds is 1. The maximum atomic E-state index is 13.4. The monoisotopic (exact) mass is 243 g/mol. The Morgan fingerprint density at radius 2 is 2.15 bits per heavy atom. The van der Waals surface area contributed by atoms with Gasteiger partial charge in [-0.15, -0.1) is 0 Å². The van der Waals surface area contributed by atoms with Gasteiger partial charge in [-0.05, 0) is 30.5 Å². The summed E-state index contributed by atoms with van der Waals surface area (Å²) in [4.78, 5) is 0. The van der Waals surface area contributed by atoms with E-state index in [1.807, 2.05) is 12.1 Å². The van der Waals surface area contributed by atoms with Gasteiger partial charge in [0.15, 0.2) is 0 Å². The highest BCUT2D eigenvalue weighted by Crippen LogP contribution is 2.37. The summed E-state index contributed by atoms with van der Waals surface area (Å²) >= 11 is 3.23. The third kappa shape index (κ3) is 1.63. The summed E-state index contributed by atoms with van der Waals surface area (Å²) < 4.78 is 14.2. The standard InChI is InChI=1S/C10H11BrFN/c11-6-1-2-7(9(12)5-6)8-3-4-10(8)13/h1-2,5,8,10H,3-4,13H2/t8-,10-/m1/s1. The van der Waals surface area contributed by atoms with Crippen molar-refractivity contribution in [3.8, 4) is 0 Å². The molecular formula is C10H11BrFN. The molecule has 0 aromatic heterocycles. The third-order valence-electron chi connectivity index (χ3n) is 2.69. The van der Waals surface area contributed by atoms with Crippen molar-refractivity contribution in [2.75, 3.05) is 0 Å². The van der Waals surface area contributed by atoms with Gasteiger partial charge in [-0.25, -0.2) is 4.39 Å². The molecule has 0 aliphatic heterocycles. The first-order chi connectivity index (χ1) is 6.18. The molecule has 0 unspecified atom stereocenters. The fraction of sp³-hybridized carbons (Fsp3) is 0.400. The zero-order valence-corrected chi connectivity index (χ0v) is 8.72. The molecule has 2 N–H and O–H groups in total. The molecule has 70 valence electrons. The molecule has 0 spiro atoms. The van der Waals surface area contributed by atoms with E-state index in [1.54, 1.807) is 0 Å². The largest absolute Gasteiger partial charge is 0.327 e. The van der Waals surface area contributed by atoms with Crippen molar-refractivity contribution in [1.82, 2.24) is 0 Å². The lowest BCUT2D eigenvalue weighted by Gasteiger charge is -2.34. The summed E-state index contributed by atoms with van der Waals surface area (Å²) in [6.45, 7) is 0. The van der Waals surface area contributed by atoms with Crippen LogP contribution >= 0.6 is 15.9 Å². The number of nitrogens with two attached hydrogens (primary N) is 1. The summed E-state index contributed by atoms with van der Waals surface area (Å²) in [5.74, 6) is 0.0858. The van der Waals surface area contributed by atoms with Crippen molar-refractivity contribution >= 4 is 15.9 Å². The second-order valence-corrected chi connectivity index (χ2v) is 4.43. The minimum absolute atomic E-state index is 0.144. The highest BCUT2D eigenvalue weighted by Gasteiger charge is 2.30. The zero-order valence-electron chi connectivity index (χ0n) is 7.13. The van der Waals surface area contributed by atoms with E-state index in [0.717, 1.165) is 22.9 Å². The predicted octanol–water partition coefficient (Wildman–Crippen LogP) is 2.79. The van der Waals surface area contributed by atoms with Gasteiger partial charge in [0, 0.05) is 16.4 Å². The number of hydrogen-bond donors (Lipinski definition) is 1. The maximum Gasteiger partial charge on any atom is 0.127 e. The third-order valence-corrected chi connectivity index (χ3v) is 3.18. The van der Waals surface area contributed by atoms with Crippen molar-refractivity contribution in [1.29, 1.82) is 0 Å². The Kier molecular flexibility index (Phi) is 2.39. The first-order valence-electron chi connectivity index (χ1n) is 4.39. The first-order valence-corrected chi connectivity index (χ1v) is 5.18. The molecule has 1 aromatic carbocycles. The first kappa shape index (κ1) is 9.16. The maximum absolute atomic E-state index is 13.4. The molecule has 13 heavy (non-hydrogen) atoms. The van der Waals surface area contributed by atoms with Crippen molar-refractivity contribution < 1.29 is 4.39 Å². The molecule has 1 fully saturated rings. The number of hydrogen-bond acceptors (Lipinski definition) is 1. The van der Waals surface area contributed by atoms with Crippen LogP contribution in [0.25, 0.3) is 0 Å². The normalized spacial score (nSPS) is 27.0. The van der Waals surface area contributed by atoms with Crippen molar-refractivity contribution in [2.24, 2.45) is 5.73 Å². The van der Waals surface area contributed by atoms with Gasteiger partial charge in [-0.1, -0.05) is 22.0 Å². The molecule has 1 aromatic rings. The molecule has 0 amide bonds. The lowest BCUT2D eigenvalue weighted by Crippen LogP contribution is -2.37. The SMILES string of the molecule is N[C@@H]1CC[C@@H]1c1ccc(Br)cc1F. The smallest absolute Gasteiger partial charge is 0.127 e. The van der Waals surface area contributed by atoms with Crippen LogP contribution in [0.5, 0.6) is 0 Å². The highest BCUT2D eigenvalue weighted by atomic mass is 79.9. The second-order valence-electron chi connectivity index (χ2n) is 3.51. The summed E-state index contributed by atoms with van der Waals surface area (Å²) in [6.07, 6.45) is 2.03. The summed E-state index contributed by atoms with van der Waals surface area (Å²) in [5.41, 5.74) is 6.55. The highest BCUT2D eigenvalue weighted by molar-refractivity contribution is 9.10. The van der Waals surface area contributed by atoms with Gasteiger partial charge in [0.05, 0.1) is 0 Å². The van der Waals surface area contributed by atoms with E-state index in [1.165, 1.54) is 6.07 Å². The number of halogens is 2. The quantitative estimate of drug-likeness (QED) is 0.807. The minimum Gasteiger partial charge on any atom is -0.327 e. The van der Waals surface area contributed by atoms with Crippen LogP contribution < -0.4 is 5.73 Å². The molecule has 1 saturated carbocycles. The molecule has 0 saturated heterocycles. The van der Waals surface area contributed by atoms with Crippen LogP contribution in [0.3, 0.4) is 0 Å². The molecule has 3 heteroatoms. The molecule has 0 bridgehead atoms. The topological polar surface area (TPSA) is 26.0 Å². The average molecular weight is 244 g/mol. The summed E-state index contributed by atoms with van der Waals surface area (Å²) in [5, 5.41) is 0. The van der Waals surface area contributed by atoms with E-state index in [4.69, 9.17) is 5.73 Å². The van der Waals surface area contributed by atoms with Crippen LogP contribution in [0.4, 0.5) is 4.39 Å². The van der Waals surface area contributed by atoms with Crippen molar-refractivity contribution in [2.45, 2.75) is 24.8 Å². The molecule has 1 aliphatic rings. The van der Waals surface area contributed by atoms with E-state index in [2.05, 4.69) is 15.9 Å². The Morgan fingerprint density at radius 3 is 2.62 bits per heavy atom. The molecule has 1 nitrogen and oxygen atoms in total. The molecule has 0 heterocycles. The lowest BCUT2D eigenvalue weighted by atomic mass is 9.75. The lowest BCUT2D eigenvalue weighted by molar-refractivity contribution is 0.337. The van der Waals surface area contributed by atoms with E-state index in [9.17, 15) is 4.39 Å². The van der Waals surface area contributed by atoms with E-state index >= 15 is 0 Å². The Labute approximate surface area is 85.3 Å². The van der Waals surface area contributed by atoms with Gasteiger partial charge in [-0.2, -0.15) is 0 Å². The van der Waals surface area contributed by atoms with Crippen molar-refractivity contribution in [3.63, 3.8) is 0 Å². The fourth-order valence-electron chi connectivity index (χ4n) is 1.71. The van der Waals surface area contributed by atoms with Crippen LogP contribution in [0, 0.1) is 5.82 Å². The Morgan fingerprint density at radius 1 is 1.38 bits per heavy atom. The predicted molar refractivity (Wildman–Crippen MR) is 54.1 cm³/mol. The van der Waals surface area contributed by atoms with E-state index in [0.29, 0.717) is 0 Å². The minimum atomic E-state index is -0.144. The molecule has 1 aliphatic carbocycles. The van der Waals surface area contributed by atoms with Gasteiger partial charge >= 0.3 is 0 Å². The zero-order chi connectivity index (χ0) is 9.42. The van der Waals surface area contributed by atoms with Gasteiger partial charge in [0.25, 0.3) is 0 Å². The van der Waals surface area contributed by atoms with E-state index in [-0.39, 0.29) is 17.8 Å². The fourth-order valence-corrected chi connectivity index (χ4v) is 2.05. The van der Waals surface area contributed by atoms with E-state index < -0.39 is 0 Å². The van der Waals surface area contributed by atoms with Crippen LogP contribution in [-0.2, 0) is 0 Å². The molecular weight excluding hydrogens is 233 g/mol. The van der Waals surface area contributed by atoms with Crippen LogP contribution in [0.2, 0.25) is 0 Å². The van der Waals surface area contributed by atoms with Gasteiger partial charge in [0.2, 0.25) is 0 Å².